The lowest BCUT2D eigenvalue weighted by molar-refractivity contribution is -0.139. The molecule has 0 radical (unpaired) electrons. The van der Waals surface area contributed by atoms with E-state index in [0.29, 0.717) is 12.1 Å². The molecule has 1 rings (SSSR count). The van der Waals surface area contributed by atoms with Crippen LogP contribution in [0.3, 0.4) is 0 Å². The largest absolute Gasteiger partial charge is 0.480 e. The van der Waals surface area contributed by atoms with Gasteiger partial charge < -0.3 is 5.11 Å². The molecule has 1 unspecified atom stereocenters. The number of hydrogen-bond donors (Lipinski definition) is 2. The second kappa shape index (κ2) is 6.27. The molecular formula is C12H12F3NO4S. The van der Waals surface area contributed by atoms with Gasteiger partial charge in [-0.05, 0) is 30.7 Å². The smallest absolute Gasteiger partial charge is 0.416 e. The lowest BCUT2D eigenvalue weighted by Gasteiger charge is -2.13. The van der Waals surface area contributed by atoms with E-state index in [0.717, 1.165) is 12.1 Å². The van der Waals surface area contributed by atoms with E-state index < -0.39 is 38.7 Å². The summed E-state index contributed by atoms with van der Waals surface area (Å²) in [5, 5.41) is 8.84. The number of nitrogens with one attached hydrogen (secondary N) is 1. The summed E-state index contributed by atoms with van der Waals surface area (Å²) in [4.78, 5) is 10.4. The molecule has 0 bridgehead atoms. The molecule has 1 aromatic rings. The van der Waals surface area contributed by atoms with Crippen molar-refractivity contribution in [3.05, 3.63) is 42.5 Å². The molecule has 0 spiro atoms. The average Bonchev–Trinajstić information content (AvgIpc) is 2.37. The molecule has 116 valence electrons. The molecule has 0 fully saturated rings. The molecule has 0 heterocycles. The number of carbonyl (C=O) groups is 1. The van der Waals surface area contributed by atoms with Crippen molar-refractivity contribution in [3.8, 4) is 0 Å². The second-order valence-corrected chi connectivity index (χ2v) is 5.77. The fourth-order valence-electron chi connectivity index (χ4n) is 1.44. The van der Waals surface area contributed by atoms with Gasteiger partial charge in [0.1, 0.15) is 6.04 Å². The average molecular weight is 323 g/mol. The van der Waals surface area contributed by atoms with Gasteiger partial charge in [-0.25, -0.2) is 8.42 Å². The van der Waals surface area contributed by atoms with Gasteiger partial charge in [0.2, 0.25) is 10.0 Å². The van der Waals surface area contributed by atoms with Crippen molar-refractivity contribution in [2.45, 2.75) is 23.5 Å². The quantitative estimate of drug-likeness (QED) is 0.785. The molecule has 0 aliphatic rings. The molecule has 9 heteroatoms. The van der Waals surface area contributed by atoms with Gasteiger partial charge in [-0.3, -0.25) is 4.79 Å². The number of hydrogen-bond acceptors (Lipinski definition) is 3. The SMILES string of the molecule is C=CCC(NS(=O)(=O)c1ccc(C(F)(F)F)cc1)C(=O)O. The van der Waals surface area contributed by atoms with E-state index in [1.807, 2.05) is 4.72 Å². The first-order valence-electron chi connectivity index (χ1n) is 5.61. The third-order valence-corrected chi connectivity index (χ3v) is 3.98. The number of carboxylic acids is 1. The minimum atomic E-state index is -4.58. The van der Waals surface area contributed by atoms with Crippen LogP contribution in [0, 0.1) is 0 Å². The van der Waals surface area contributed by atoms with E-state index >= 15 is 0 Å². The first-order chi connectivity index (χ1) is 9.58. The van der Waals surface area contributed by atoms with Crippen molar-refractivity contribution in [2.75, 3.05) is 0 Å². The standard InChI is InChI=1S/C12H12F3NO4S/c1-2-3-10(11(17)18)16-21(19,20)9-6-4-8(5-7-9)12(13,14)15/h2,4-7,10,16H,1,3H2,(H,17,18). The van der Waals surface area contributed by atoms with Gasteiger partial charge >= 0.3 is 12.1 Å². The molecule has 2 N–H and O–H groups in total. The minimum Gasteiger partial charge on any atom is -0.480 e. The zero-order chi connectivity index (χ0) is 16.3. The highest BCUT2D eigenvalue weighted by Crippen LogP contribution is 2.29. The lowest BCUT2D eigenvalue weighted by atomic mass is 10.2. The van der Waals surface area contributed by atoms with Gasteiger partial charge in [0, 0.05) is 0 Å². The van der Waals surface area contributed by atoms with Crippen molar-refractivity contribution in [2.24, 2.45) is 0 Å². The Bertz CT molecular complexity index is 623. The normalized spacial score (nSPS) is 13.7. The maximum Gasteiger partial charge on any atom is 0.416 e. The molecule has 0 aliphatic heterocycles. The van der Waals surface area contributed by atoms with E-state index in [2.05, 4.69) is 6.58 Å². The Balaban J connectivity index is 3.02. The predicted molar refractivity (Wildman–Crippen MR) is 68.0 cm³/mol. The number of rotatable bonds is 6. The number of benzene rings is 1. The van der Waals surface area contributed by atoms with Crippen molar-refractivity contribution >= 4 is 16.0 Å². The van der Waals surface area contributed by atoms with Crippen molar-refractivity contribution in [3.63, 3.8) is 0 Å². The van der Waals surface area contributed by atoms with Crippen molar-refractivity contribution < 1.29 is 31.5 Å². The highest BCUT2D eigenvalue weighted by molar-refractivity contribution is 7.89. The Morgan fingerprint density at radius 1 is 1.33 bits per heavy atom. The molecule has 0 amide bonds. The van der Waals surface area contributed by atoms with Crippen LogP contribution < -0.4 is 4.72 Å². The minimum absolute atomic E-state index is 0.158. The number of aliphatic carboxylic acids is 1. The first kappa shape index (κ1) is 17.2. The number of alkyl halides is 3. The molecule has 21 heavy (non-hydrogen) atoms. The third-order valence-electron chi connectivity index (χ3n) is 2.49. The highest BCUT2D eigenvalue weighted by atomic mass is 32.2. The lowest BCUT2D eigenvalue weighted by Crippen LogP contribution is -2.40. The number of carboxylic acid groups (broad SMARTS) is 1. The van der Waals surface area contributed by atoms with Crippen LogP contribution in [0.15, 0.2) is 41.8 Å². The van der Waals surface area contributed by atoms with Crippen molar-refractivity contribution in [1.82, 2.24) is 4.72 Å². The number of sulfonamides is 1. The van der Waals surface area contributed by atoms with Crippen LogP contribution in [-0.4, -0.2) is 25.5 Å². The zero-order valence-electron chi connectivity index (χ0n) is 10.6. The van der Waals surface area contributed by atoms with Gasteiger partial charge in [0.05, 0.1) is 10.5 Å². The van der Waals surface area contributed by atoms with E-state index in [1.165, 1.54) is 6.08 Å². The monoisotopic (exact) mass is 323 g/mol. The van der Waals surface area contributed by atoms with E-state index in [1.54, 1.807) is 0 Å². The maximum absolute atomic E-state index is 12.4. The van der Waals surface area contributed by atoms with Crippen LogP contribution in [0.5, 0.6) is 0 Å². The van der Waals surface area contributed by atoms with Gasteiger partial charge in [-0.15, -0.1) is 6.58 Å². The Morgan fingerprint density at radius 3 is 2.24 bits per heavy atom. The van der Waals surface area contributed by atoms with Crippen LogP contribution >= 0.6 is 0 Å². The molecule has 0 aliphatic carbocycles. The Hall–Kier alpha value is -1.87. The number of halogens is 3. The molecule has 5 nitrogen and oxygen atoms in total. The molecule has 1 atom stereocenters. The summed E-state index contributed by atoms with van der Waals surface area (Å²) < 4.78 is 62.8. The summed E-state index contributed by atoms with van der Waals surface area (Å²) in [5.41, 5.74) is -0.998. The first-order valence-corrected chi connectivity index (χ1v) is 7.09. The second-order valence-electron chi connectivity index (χ2n) is 4.06. The van der Waals surface area contributed by atoms with E-state index in [4.69, 9.17) is 5.11 Å². The van der Waals surface area contributed by atoms with Crippen molar-refractivity contribution in [1.29, 1.82) is 0 Å². The highest BCUT2D eigenvalue weighted by Gasteiger charge is 2.31. The summed E-state index contributed by atoms with van der Waals surface area (Å²) >= 11 is 0. The van der Waals surface area contributed by atoms with Crippen LogP contribution in [0.2, 0.25) is 0 Å². The summed E-state index contributed by atoms with van der Waals surface area (Å²) in [6.07, 6.45) is -3.52. The Kier molecular flexibility index (Phi) is 5.13. The molecule has 0 saturated heterocycles. The third kappa shape index (κ3) is 4.57. The van der Waals surface area contributed by atoms with Gasteiger partial charge in [-0.2, -0.15) is 17.9 Å². The summed E-state index contributed by atoms with van der Waals surface area (Å²) in [6, 6.07) is 1.31. The van der Waals surface area contributed by atoms with Gasteiger partial charge in [-0.1, -0.05) is 6.08 Å². The summed E-state index contributed by atoms with van der Waals surface area (Å²) in [7, 11) is -4.23. The maximum atomic E-state index is 12.4. The summed E-state index contributed by atoms with van der Waals surface area (Å²) in [6.45, 7) is 3.30. The topological polar surface area (TPSA) is 83.5 Å². The van der Waals surface area contributed by atoms with Crippen LogP contribution in [0.25, 0.3) is 0 Å². The van der Waals surface area contributed by atoms with Crippen LogP contribution in [0.4, 0.5) is 13.2 Å². The Labute approximate surface area is 119 Å². The van der Waals surface area contributed by atoms with E-state index in [9.17, 15) is 26.4 Å². The van der Waals surface area contributed by atoms with Gasteiger partial charge in [0.25, 0.3) is 0 Å². The fraction of sp³-hybridized carbons (Fsp3) is 0.250. The van der Waals surface area contributed by atoms with E-state index in [-0.39, 0.29) is 6.42 Å². The fourth-order valence-corrected chi connectivity index (χ4v) is 2.65. The van der Waals surface area contributed by atoms with Crippen LogP contribution in [-0.2, 0) is 21.0 Å². The molecular weight excluding hydrogens is 311 g/mol. The Morgan fingerprint density at radius 2 is 1.86 bits per heavy atom. The molecule has 0 saturated carbocycles. The zero-order valence-corrected chi connectivity index (χ0v) is 11.4. The molecule has 0 aromatic heterocycles. The van der Waals surface area contributed by atoms with Gasteiger partial charge in [0.15, 0.2) is 0 Å². The predicted octanol–water partition coefficient (Wildman–Crippen LogP) is 2.01. The summed E-state index contributed by atoms with van der Waals surface area (Å²) in [5.74, 6) is -1.41. The van der Waals surface area contributed by atoms with Crippen LogP contribution in [0.1, 0.15) is 12.0 Å². The molecule has 1 aromatic carbocycles.